The fourth-order valence-corrected chi connectivity index (χ4v) is 10.3. The van der Waals surface area contributed by atoms with E-state index in [1.807, 2.05) is 19.9 Å². The Morgan fingerprint density at radius 1 is 1.09 bits per heavy atom. The van der Waals surface area contributed by atoms with Crippen LogP contribution in [-0.4, -0.2) is 69.5 Å². The van der Waals surface area contributed by atoms with E-state index in [0.29, 0.717) is 30.5 Å². The van der Waals surface area contributed by atoms with E-state index in [2.05, 4.69) is 17.2 Å². The molecular weight excluding hydrogens is 680 g/mol. The number of allylic oxidation sites excluding steroid dienone is 4. The van der Waals surface area contributed by atoms with Crippen LogP contribution in [0.4, 0.5) is 11.4 Å². The van der Waals surface area contributed by atoms with Gasteiger partial charge in [-0.1, -0.05) is 57.0 Å². The second kappa shape index (κ2) is 14.0. The van der Waals surface area contributed by atoms with Crippen molar-refractivity contribution >= 4 is 34.9 Å². The number of aliphatic hydroxyl groups is 1. The molecule has 2 aromatic carbocycles. The first kappa shape index (κ1) is 36.8. The number of benzene rings is 2. The third-order valence-corrected chi connectivity index (χ3v) is 12.7. The van der Waals surface area contributed by atoms with E-state index >= 15 is 0 Å². The molecule has 1 heterocycles. The van der Waals surface area contributed by atoms with Crippen molar-refractivity contribution in [3.8, 4) is 5.75 Å². The molecule has 7 unspecified atom stereocenters. The summed E-state index contributed by atoms with van der Waals surface area (Å²) in [6.45, 7) is 5.68. The SMILES string of the molecule is CCCC1O[C@@H]2CC3C4CCC5=CC(=O)C=CC5(C)C4C(O)CC3(C)[C@]2(C(=O)COC(=O)CCc2ccccc2/N=N/c2ccc(O)c(C(=O)O)c2)O1. The first-order chi connectivity index (χ1) is 25.3. The van der Waals surface area contributed by atoms with E-state index < -0.39 is 53.5 Å². The number of hydrogen-bond acceptors (Lipinski definition) is 11. The van der Waals surface area contributed by atoms with Gasteiger partial charge in [0.2, 0.25) is 5.78 Å². The van der Waals surface area contributed by atoms with E-state index in [9.17, 15) is 34.5 Å². The fourth-order valence-electron chi connectivity index (χ4n) is 10.3. The Bertz CT molecular complexity index is 1920. The van der Waals surface area contributed by atoms with Gasteiger partial charge in [-0.3, -0.25) is 14.4 Å². The first-order valence-corrected chi connectivity index (χ1v) is 18.5. The zero-order valence-corrected chi connectivity index (χ0v) is 30.2. The first-order valence-electron chi connectivity index (χ1n) is 18.5. The van der Waals surface area contributed by atoms with Crippen LogP contribution in [0.1, 0.15) is 81.6 Å². The number of hydrogen-bond donors (Lipinski definition) is 3. The van der Waals surface area contributed by atoms with Gasteiger partial charge in [0.05, 0.1) is 23.6 Å². The number of carboxylic acids is 1. The number of azo groups is 1. The highest BCUT2D eigenvalue weighted by Gasteiger charge is 2.75. The number of carbonyl (C=O) groups excluding carboxylic acids is 3. The molecule has 3 N–H and O–H groups in total. The Morgan fingerprint density at radius 3 is 2.66 bits per heavy atom. The van der Waals surface area contributed by atoms with Crippen molar-refractivity contribution in [1.82, 2.24) is 0 Å². The van der Waals surface area contributed by atoms with E-state index in [1.165, 1.54) is 18.2 Å². The van der Waals surface area contributed by atoms with Crippen LogP contribution in [0.15, 0.2) is 76.5 Å². The topological polar surface area (TPSA) is 181 Å². The van der Waals surface area contributed by atoms with Crippen molar-refractivity contribution in [2.24, 2.45) is 38.8 Å². The van der Waals surface area contributed by atoms with Crippen LogP contribution in [-0.2, 0) is 35.0 Å². The maximum atomic E-state index is 14.5. The summed E-state index contributed by atoms with van der Waals surface area (Å²) in [7, 11) is 0. The number of aliphatic hydroxyl groups excluding tert-OH is 1. The highest BCUT2D eigenvalue weighted by atomic mass is 16.7. The van der Waals surface area contributed by atoms with Gasteiger partial charge in [-0.15, -0.1) is 0 Å². The van der Waals surface area contributed by atoms with Crippen LogP contribution in [0.3, 0.4) is 0 Å². The largest absolute Gasteiger partial charge is 0.507 e. The molecular formula is C41H46N2O10. The third kappa shape index (κ3) is 6.24. The summed E-state index contributed by atoms with van der Waals surface area (Å²) >= 11 is 0. The predicted octanol–water partition coefficient (Wildman–Crippen LogP) is 6.72. The number of aryl methyl sites for hydroxylation is 1. The van der Waals surface area contributed by atoms with Crippen molar-refractivity contribution in [2.75, 3.05) is 6.61 Å². The van der Waals surface area contributed by atoms with Crippen LogP contribution in [0.5, 0.6) is 5.75 Å². The Kier molecular flexibility index (Phi) is 9.75. The van der Waals surface area contributed by atoms with Crippen LogP contribution >= 0.6 is 0 Å². The van der Waals surface area contributed by atoms with E-state index in [1.54, 1.807) is 36.4 Å². The summed E-state index contributed by atoms with van der Waals surface area (Å²) in [6.07, 6.45) is 7.45. The van der Waals surface area contributed by atoms with Crippen LogP contribution < -0.4 is 0 Å². The third-order valence-electron chi connectivity index (χ3n) is 12.7. The number of ketones is 2. The average Bonchev–Trinajstić information content (AvgIpc) is 3.61. The number of ether oxygens (including phenoxy) is 3. The predicted molar refractivity (Wildman–Crippen MR) is 191 cm³/mol. The molecule has 1 saturated heterocycles. The normalized spacial score (nSPS) is 34.2. The number of Topliss-reactive ketones (excluding diaryl/α,β-unsaturated/α-hetero) is 1. The number of phenols is 1. The lowest BCUT2D eigenvalue weighted by Gasteiger charge is -2.59. The molecule has 7 rings (SSSR count). The minimum atomic E-state index is -1.39. The monoisotopic (exact) mass is 726 g/mol. The summed E-state index contributed by atoms with van der Waals surface area (Å²) in [6, 6.07) is 10.9. The van der Waals surface area contributed by atoms with Gasteiger partial charge in [0.25, 0.3) is 0 Å². The summed E-state index contributed by atoms with van der Waals surface area (Å²) in [4.78, 5) is 51.3. The fraction of sp³-hybridized carbons (Fsp3) is 0.512. The number of aromatic hydroxyl groups is 1. The zero-order chi connectivity index (χ0) is 37.7. The number of carbonyl (C=O) groups is 4. The van der Waals surface area contributed by atoms with Crippen LogP contribution in [0.2, 0.25) is 0 Å². The van der Waals surface area contributed by atoms with Gasteiger partial charge in [0, 0.05) is 23.2 Å². The van der Waals surface area contributed by atoms with Gasteiger partial charge in [0.1, 0.15) is 11.3 Å². The molecule has 5 aliphatic rings. The molecule has 1 aliphatic heterocycles. The molecule has 0 aromatic heterocycles. The second-order valence-corrected chi connectivity index (χ2v) is 15.6. The highest BCUT2D eigenvalue weighted by Crippen LogP contribution is 2.69. The minimum absolute atomic E-state index is 0.00971. The van der Waals surface area contributed by atoms with Crippen molar-refractivity contribution in [1.29, 1.82) is 0 Å². The highest BCUT2D eigenvalue weighted by molar-refractivity contribution is 6.01. The van der Waals surface area contributed by atoms with E-state index in [4.69, 9.17) is 14.2 Å². The van der Waals surface area contributed by atoms with Crippen molar-refractivity contribution < 1.29 is 48.7 Å². The summed E-state index contributed by atoms with van der Waals surface area (Å²) in [5, 5.41) is 39.4. The Balaban J connectivity index is 1.05. The molecule has 12 nitrogen and oxygen atoms in total. The Morgan fingerprint density at radius 2 is 1.89 bits per heavy atom. The van der Waals surface area contributed by atoms with Crippen molar-refractivity contribution in [2.45, 2.75) is 96.2 Å². The van der Waals surface area contributed by atoms with E-state index in [0.717, 1.165) is 24.8 Å². The lowest BCUT2D eigenvalue weighted by Crippen LogP contribution is -2.63. The number of nitrogens with zero attached hydrogens (tertiary/aromatic N) is 2. The maximum Gasteiger partial charge on any atom is 0.339 e. The molecule has 280 valence electrons. The molecule has 2 aromatic rings. The molecule has 0 spiro atoms. The standard InChI is InChI=1S/C41H46N2O10/c1-4-7-36-52-34-20-29-27-13-11-24-18-26(44)16-17-39(24,2)37(27)32(46)21-40(29,3)41(34,53-36)33(47)22-51-35(48)15-10-23-8-5-6-9-30(23)43-42-25-12-14-31(45)28(19-25)38(49)50/h5-6,8-9,12,14,16-19,27,29,32,34,36-37,45-46H,4,7,10-11,13,15,20-22H2,1-3H3,(H,49,50)/b43-42+/t27?,29?,32?,34-,36?,37?,39?,40?,41-/m1/s1. The molecule has 0 radical (unpaired) electrons. The minimum Gasteiger partial charge on any atom is -0.507 e. The molecule has 9 atom stereocenters. The maximum absolute atomic E-state index is 14.5. The van der Waals surface area contributed by atoms with Crippen LogP contribution in [0, 0.1) is 28.6 Å². The molecule has 0 amide bonds. The number of fused-ring (bicyclic) bond motifs is 7. The van der Waals surface area contributed by atoms with Gasteiger partial charge < -0.3 is 29.5 Å². The summed E-state index contributed by atoms with van der Waals surface area (Å²) in [5.74, 6) is -2.67. The average molecular weight is 727 g/mol. The molecule has 3 saturated carbocycles. The Hall–Kier alpha value is -4.52. The smallest absolute Gasteiger partial charge is 0.339 e. The Labute approximate surface area is 307 Å². The molecule has 4 fully saturated rings. The van der Waals surface area contributed by atoms with Crippen LogP contribution in [0.25, 0.3) is 0 Å². The molecule has 53 heavy (non-hydrogen) atoms. The van der Waals surface area contributed by atoms with Gasteiger partial charge in [-0.05, 0) is 92.3 Å². The van der Waals surface area contributed by atoms with Crippen molar-refractivity contribution in [3.63, 3.8) is 0 Å². The van der Waals surface area contributed by atoms with Gasteiger partial charge in [-0.2, -0.15) is 10.2 Å². The number of esters is 1. The summed E-state index contributed by atoms with van der Waals surface area (Å²) < 4.78 is 18.8. The van der Waals surface area contributed by atoms with Gasteiger partial charge in [0.15, 0.2) is 24.3 Å². The number of carboxylic acid groups (broad SMARTS) is 1. The van der Waals surface area contributed by atoms with Gasteiger partial charge >= 0.3 is 11.9 Å². The zero-order valence-electron chi connectivity index (χ0n) is 30.2. The lowest BCUT2D eigenvalue weighted by atomic mass is 9.46. The molecule has 4 aliphatic carbocycles. The lowest BCUT2D eigenvalue weighted by molar-refractivity contribution is -0.201. The number of rotatable bonds is 11. The molecule has 0 bridgehead atoms. The quantitative estimate of drug-likeness (QED) is 0.166. The second-order valence-electron chi connectivity index (χ2n) is 15.6. The van der Waals surface area contributed by atoms with Crippen molar-refractivity contribution in [3.05, 3.63) is 77.4 Å². The molecule has 12 heteroatoms. The number of aromatic carboxylic acids is 1. The van der Waals surface area contributed by atoms with E-state index in [-0.39, 0.29) is 59.2 Å². The van der Waals surface area contributed by atoms with Gasteiger partial charge in [-0.25, -0.2) is 4.79 Å². The summed E-state index contributed by atoms with van der Waals surface area (Å²) in [5.41, 5.74) is -0.469.